The smallest absolute Gasteiger partial charge is 0.411 e. The first kappa shape index (κ1) is 20.1. The summed E-state index contributed by atoms with van der Waals surface area (Å²) in [7, 11) is 0. The van der Waals surface area contributed by atoms with Crippen LogP contribution in [0.1, 0.15) is 27.2 Å². The second kappa shape index (κ2) is 8.18. The average molecular weight is 404 g/mol. The lowest BCUT2D eigenvalue weighted by Gasteiger charge is -2.26. The lowest BCUT2D eigenvalue weighted by Crippen LogP contribution is -2.43. The number of aromatic nitrogens is 1. The van der Waals surface area contributed by atoms with E-state index in [0.29, 0.717) is 12.3 Å². The van der Waals surface area contributed by atoms with Crippen LogP contribution in [0.5, 0.6) is 5.88 Å². The molecular weight excluding hydrogens is 380 g/mol. The number of carbonyl (C=O) groups is 2. The highest BCUT2D eigenvalue weighted by Crippen LogP contribution is 2.28. The van der Waals surface area contributed by atoms with Gasteiger partial charge in [-0.25, -0.2) is 14.6 Å². The van der Waals surface area contributed by atoms with E-state index in [1.807, 2.05) is 29.6 Å². The molecule has 28 heavy (non-hydrogen) atoms. The minimum atomic E-state index is -1.04. The summed E-state index contributed by atoms with van der Waals surface area (Å²) in [5.74, 6) is -0.666. The van der Waals surface area contributed by atoms with E-state index in [0.717, 1.165) is 10.6 Å². The molecule has 3 heterocycles. The van der Waals surface area contributed by atoms with Gasteiger partial charge in [0.15, 0.2) is 0 Å². The van der Waals surface area contributed by atoms with E-state index in [4.69, 9.17) is 9.47 Å². The van der Waals surface area contributed by atoms with E-state index in [-0.39, 0.29) is 19.1 Å². The van der Waals surface area contributed by atoms with Gasteiger partial charge in [-0.05, 0) is 44.7 Å². The summed E-state index contributed by atoms with van der Waals surface area (Å²) >= 11 is 1.60. The number of carboxylic acids is 1. The maximum atomic E-state index is 12.4. The molecule has 8 heteroatoms. The molecule has 1 amide bonds. The van der Waals surface area contributed by atoms with Crippen LogP contribution in [0.15, 0.2) is 35.7 Å². The van der Waals surface area contributed by atoms with Crippen molar-refractivity contribution in [1.82, 2.24) is 9.88 Å². The first-order valence-corrected chi connectivity index (χ1v) is 9.97. The second-order valence-corrected chi connectivity index (χ2v) is 8.69. The number of hydrogen-bond donors (Lipinski definition) is 1. The van der Waals surface area contributed by atoms with Crippen molar-refractivity contribution in [2.24, 2.45) is 5.92 Å². The van der Waals surface area contributed by atoms with Crippen molar-refractivity contribution in [2.45, 2.75) is 38.8 Å². The Morgan fingerprint density at radius 1 is 1.29 bits per heavy atom. The minimum absolute atomic E-state index is 0.110. The fourth-order valence-corrected chi connectivity index (χ4v) is 3.76. The van der Waals surface area contributed by atoms with Crippen LogP contribution < -0.4 is 4.74 Å². The molecule has 0 bridgehead atoms. The number of aliphatic carboxylic acids is 1. The zero-order chi connectivity index (χ0) is 20.3. The molecule has 1 N–H and O–H groups in total. The molecule has 7 nitrogen and oxygen atoms in total. The monoisotopic (exact) mass is 404 g/mol. The molecule has 0 aliphatic carbocycles. The molecule has 0 saturated carbocycles. The normalized spacial score (nSPS) is 19.5. The van der Waals surface area contributed by atoms with Crippen molar-refractivity contribution in [3.8, 4) is 16.5 Å². The molecule has 0 radical (unpaired) electrons. The Morgan fingerprint density at radius 3 is 2.71 bits per heavy atom. The number of nitrogens with zero attached hydrogens (tertiary/aromatic N) is 2. The lowest BCUT2D eigenvalue weighted by molar-refractivity contribution is -0.142. The van der Waals surface area contributed by atoms with Gasteiger partial charge in [-0.15, -0.1) is 11.3 Å². The van der Waals surface area contributed by atoms with E-state index < -0.39 is 23.7 Å². The Hall–Kier alpha value is -2.61. The molecule has 3 rings (SSSR count). The van der Waals surface area contributed by atoms with E-state index in [1.165, 1.54) is 4.90 Å². The van der Waals surface area contributed by atoms with Crippen molar-refractivity contribution in [3.63, 3.8) is 0 Å². The Labute approximate surface area is 167 Å². The van der Waals surface area contributed by atoms with Crippen LogP contribution in [-0.2, 0) is 9.53 Å². The standard InChI is InChI=1S/C20H24N2O5S/c1-20(2,3)27-19(25)22-11-13(10-15(22)18(23)24)12-26-17-8-4-6-14(21-17)16-7-5-9-28-16/h4-9,13,15H,10-12H2,1-3H3,(H,23,24)/t13?,15-/m0/s1. The largest absolute Gasteiger partial charge is 0.480 e. The highest BCUT2D eigenvalue weighted by Gasteiger charge is 2.41. The summed E-state index contributed by atoms with van der Waals surface area (Å²) in [6.07, 6.45) is -0.292. The summed E-state index contributed by atoms with van der Waals surface area (Å²) in [6.45, 7) is 5.82. The third-order valence-corrected chi connectivity index (χ3v) is 5.16. The Morgan fingerprint density at radius 2 is 2.07 bits per heavy atom. The van der Waals surface area contributed by atoms with Crippen LogP contribution >= 0.6 is 11.3 Å². The second-order valence-electron chi connectivity index (χ2n) is 7.74. The van der Waals surface area contributed by atoms with Crippen LogP contribution in [0, 0.1) is 5.92 Å². The quantitative estimate of drug-likeness (QED) is 0.813. The van der Waals surface area contributed by atoms with Crippen LogP contribution in [0.3, 0.4) is 0 Å². The SMILES string of the molecule is CC(C)(C)OC(=O)N1CC(COc2cccc(-c3cccs3)n2)C[C@H]1C(=O)O. The number of hydrogen-bond acceptors (Lipinski definition) is 6. The fraction of sp³-hybridized carbons (Fsp3) is 0.450. The van der Waals surface area contributed by atoms with Crippen molar-refractivity contribution in [3.05, 3.63) is 35.7 Å². The highest BCUT2D eigenvalue weighted by atomic mass is 32.1. The molecule has 0 aromatic carbocycles. The van der Waals surface area contributed by atoms with Crippen LogP contribution in [0.2, 0.25) is 0 Å². The van der Waals surface area contributed by atoms with Crippen molar-refractivity contribution in [2.75, 3.05) is 13.2 Å². The number of thiophene rings is 1. The van der Waals surface area contributed by atoms with Gasteiger partial charge in [-0.1, -0.05) is 12.1 Å². The number of likely N-dealkylation sites (tertiary alicyclic amines) is 1. The van der Waals surface area contributed by atoms with Gasteiger partial charge in [0.2, 0.25) is 5.88 Å². The van der Waals surface area contributed by atoms with E-state index in [1.54, 1.807) is 38.2 Å². The average Bonchev–Trinajstić information content (AvgIpc) is 3.29. The Balaban J connectivity index is 1.63. The van der Waals surface area contributed by atoms with E-state index in [2.05, 4.69) is 4.98 Å². The molecule has 2 aromatic heterocycles. The number of carbonyl (C=O) groups excluding carboxylic acids is 1. The molecule has 1 saturated heterocycles. The Kier molecular flexibility index (Phi) is 5.88. The summed E-state index contributed by atoms with van der Waals surface area (Å²) < 4.78 is 11.1. The molecule has 1 fully saturated rings. The Bertz CT molecular complexity index is 831. The molecule has 0 spiro atoms. The van der Waals surface area contributed by atoms with Gasteiger partial charge in [0.1, 0.15) is 11.6 Å². The van der Waals surface area contributed by atoms with Gasteiger partial charge in [-0.2, -0.15) is 0 Å². The third kappa shape index (κ3) is 5.01. The first-order chi connectivity index (χ1) is 13.2. The van der Waals surface area contributed by atoms with Gasteiger partial charge in [0.05, 0.1) is 17.2 Å². The lowest BCUT2D eigenvalue weighted by atomic mass is 10.1. The van der Waals surface area contributed by atoms with Gasteiger partial charge in [0, 0.05) is 18.5 Å². The third-order valence-electron chi connectivity index (χ3n) is 4.26. The summed E-state index contributed by atoms with van der Waals surface area (Å²) in [5.41, 5.74) is 0.152. The number of rotatable bonds is 5. The molecule has 1 aliphatic rings. The zero-order valence-corrected chi connectivity index (χ0v) is 16.9. The maximum Gasteiger partial charge on any atom is 0.411 e. The number of amides is 1. The molecule has 150 valence electrons. The van der Waals surface area contributed by atoms with Gasteiger partial charge >= 0.3 is 12.1 Å². The van der Waals surface area contributed by atoms with Gasteiger partial charge in [0.25, 0.3) is 0 Å². The number of carboxylic acid groups (broad SMARTS) is 1. The number of pyridine rings is 1. The molecule has 1 aliphatic heterocycles. The van der Waals surface area contributed by atoms with E-state index >= 15 is 0 Å². The summed E-state index contributed by atoms with van der Waals surface area (Å²) in [4.78, 5) is 30.8. The topological polar surface area (TPSA) is 89.0 Å². The highest BCUT2D eigenvalue weighted by molar-refractivity contribution is 7.13. The van der Waals surface area contributed by atoms with Crippen LogP contribution in [0.25, 0.3) is 10.6 Å². The number of ether oxygens (including phenoxy) is 2. The predicted octanol–water partition coefficient (Wildman–Crippen LogP) is 3.90. The van der Waals surface area contributed by atoms with Crippen LogP contribution in [-0.4, -0.2) is 51.8 Å². The van der Waals surface area contributed by atoms with Crippen molar-refractivity contribution >= 4 is 23.4 Å². The van der Waals surface area contributed by atoms with Crippen molar-refractivity contribution in [1.29, 1.82) is 0 Å². The fourth-order valence-electron chi connectivity index (χ4n) is 3.06. The molecule has 1 unspecified atom stereocenters. The zero-order valence-electron chi connectivity index (χ0n) is 16.1. The van der Waals surface area contributed by atoms with Gasteiger partial charge < -0.3 is 14.6 Å². The predicted molar refractivity (Wildman–Crippen MR) is 106 cm³/mol. The van der Waals surface area contributed by atoms with Crippen molar-refractivity contribution < 1.29 is 24.2 Å². The van der Waals surface area contributed by atoms with Gasteiger partial charge in [-0.3, -0.25) is 4.90 Å². The summed E-state index contributed by atoms with van der Waals surface area (Å²) in [6, 6.07) is 8.60. The molecular formula is C20H24N2O5S. The molecule has 2 aromatic rings. The first-order valence-electron chi connectivity index (χ1n) is 9.09. The van der Waals surface area contributed by atoms with E-state index in [9.17, 15) is 14.7 Å². The summed E-state index contributed by atoms with van der Waals surface area (Å²) in [5, 5.41) is 11.5. The maximum absolute atomic E-state index is 12.4. The van der Waals surface area contributed by atoms with Crippen LogP contribution in [0.4, 0.5) is 4.79 Å². The minimum Gasteiger partial charge on any atom is -0.480 e. The molecule has 2 atom stereocenters.